The van der Waals surface area contributed by atoms with Crippen molar-refractivity contribution in [2.75, 3.05) is 39.3 Å². The second kappa shape index (κ2) is 23.8. The molecule has 0 spiro atoms. The molecule has 14 nitrogen and oxygen atoms in total. The Balaban J connectivity index is 2.01. The lowest BCUT2D eigenvalue weighted by Crippen LogP contribution is -2.31. The summed E-state index contributed by atoms with van der Waals surface area (Å²) in [5.41, 5.74) is 6.20. The summed E-state index contributed by atoms with van der Waals surface area (Å²) in [5.74, 6) is -2.04. The van der Waals surface area contributed by atoms with Crippen LogP contribution in [0.4, 0.5) is 0 Å². The van der Waals surface area contributed by atoms with Crippen molar-refractivity contribution < 1.29 is 39.6 Å². The first-order chi connectivity index (χ1) is 21.1. The molecule has 0 aliphatic heterocycles. The van der Waals surface area contributed by atoms with Gasteiger partial charge >= 0.3 is 0 Å². The Kier molecular flexibility index (Phi) is 20.8. The third-order valence-electron chi connectivity index (χ3n) is 6.76. The average Bonchev–Trinajstić information content (AvgIpc) is 3.02. The van der Waals surface area contributed by atoms with E-state index in [1.165, 1.54) is 0 Å². The van der Waals surface area contributed by atoms with Gasteiger partial charge in [-0.05, 0) is 63.5 Å². The van der Waals surface area contributed by atoms with E-state index in [0.29, 0.717) is 81.1 Å². The molecule has 1 aromatic carbocycles. The molecule has 0 aliphatic carbocycles. The maximum Gasteiger partial charge on any atom is 0.250 e. The number of rotatable bonds is 24. The van der Waals surface area contributed by atoms with E-state index in [0.717, 1.165) is 10.6 Å². The molecule has 1 rings (SSSR count). The number of amides is 5. The maximum absolute atomic E-state index is 12.1. The molecule has 0 aliphatic rings. The summed E-state index contributed by atoms with van der Waals surface area (Å²) in [6.45, 7) is 1.77. The minimum Gasteiger partial charge on any atom is -0.356 e. The quantitative estimate of drug-likeness (QED) is 0.0563. The molecule has 248 valence electrons. The molecule has 5 amide bonds. The third kappa shape index (κ3) is 18.8. The number of hydroxylamine groups is 6. The first-order valence-corrected chi connectivity index (χ1v) is 15.4. The SMILES string of the molecule is NCCCCN(O)C(=O)CCC(=O)NCCCCCN(O)C(=O)CCC(=O)NCCCCCN(O)C(=O)Cc1ccccc1. The molecular formula is C30H50N6O8. The second-order valence-electron chi connectivity index (χ2n) is 10.5. The Labute approximate surface area is 259 Å². The van der Waals surface area contributed by atoms with Crippen molar-refractivity contribution in [1.29, 1.82) is 0 Å². The first kappa shape index (κ1) is 38.4. The van der Waals surface area contributed by atoms with Crippen LogP contribution in [0.2, 0.25) is 0 Å². The lowest BCUT2D eigenvalue weighted by atomic mass is 10.1. The number of benzene rings is 1. The zero-order chi connectivity index (χ0) is 32.6. The van der Waals surface area contributed by atoms with Gasteiger partial charge in [0.05, 0.1) is 6.42 Å². The molecule has 7 N–H and O–H groups in total. The van der Waals surface area contributed by atoms with E-state index in [-0.39, 0.29) is 69.5 Å². The smallest absolute Gasteiger partial charge is 0.250 e. The summed E-state index contributed by atoms with van der Waals surface area (Å²) in [5, 5.41) is 36.8. The Hall–Kier alpha value is -3.59. The Morgan fingerprint density at radius 2 is 1.00 bits per heavy atom. The highest BCUT2D eigenvalue weighted by Gasteiger charge is 2.15. The number of carbonyl (C=O) groups is 5. The predicted octanol–water partition coefficient (Wildman–Crippen LogP) is 1.75. The first-order valence-electron chi connectivity index (χ1n) is 15.4. The van der Waals surface area contributed by atoms with Gasteiger partial charge in [0, 0.05) is 58.4 Å². The molecule has 0 saturated carbocycles. The van der Waals surface area contributed by atoms with Crippen molar-refractivity contribution in [3.05, 3.63) is 35.9 Å². The fourth-order valence-electron chi connectivity index (χ4n) is 4.10. The van der Waals surface area contributed by atoms with Crippen LogP contribution in [0, 0.1) is 0 Å². The van der Waals surface area contributed by atoms with E-state index in [2.05, 4.69) is 10.6 Å². The largest absolute Gasteiger partial charge is 0.356 e. The van der Waals surface area contributed by atoms with Gasteiger partial charge in [-0.3, -0.25) is 39.6 Å². The van der Waals surface area contributed by atoms with Gasteiger partial charge in [0.1, 0.15) is 0 Å². The summed E-state index contributed by atoms with van der Waals surface area (Å²) in [4.78, 5) is 59.8. The minimum atomic E-state index is -0.553. The summed E-state index contributed by atoms with van der Waals surface area (Å²) in [6, 6.07) is 9.17. The Morgan fingerprint density at radius 3 is 1.45 bits per heavy atom. The van der Waals surface area contributed by atoms with Crippen molar-refractivity contribution in [2.24, 2.45) is 5.73 Å². The number of nitrogens with one attached hydrogen (secondary N) is 2. The molecule has 0 saturated heterocycles. The molecule has 0 unspecified atom stereocenters. The summed E-state index contributed by atoms with van der Waals surface area (Å²) in [6.07, 6.45) is 4.82. The van der Waals surface area contributed by atoms with Crippen LogP contribution in [0.25, 0.3) is 0 Å². The van der Waals surface area contributed by atoms with Gasteiger partial charge < -0.3 is 16.4 Å². The van der Waals surface area contributed by atoms with Crippen LogP contribution < -0.4 is 16.4 Å². The number of hydrogen-bond donors (Lipinski definition) is 6. The molecule has 0 aromatic heterocycles. The second-order valence-corrected chi connectivity index (χ2v) is 10.5. The molecule has 1 aromatic rings. The number of carbonyl (C=O) groups excluding carboxylic acids is 5. The lowest BCUT2D eigenvalue weighted by Gasteiger charge is -2.15. The maximum atomic E-state index is 12.1. The molecule has 44 heavy (non-hydrogen) atoms. The van der Waals surface area contributed by atoms with Crippen molar-refractivity contribution in [3.63, 3.8) is 0 Å². The van der Waals surface area contributed by atoms with Crippen LogP contribution in [0.5, 0.6) is 0 Å². The average molecular weight is 623 g/mol. The van der Waals surface area contributed by atoms with Gasteiger partial charge in [0.25, 0.3) is 0 Å². The van der Waals surface area contributed by atoms with Gasteiger partial charge in [0.2, 0.25) is 29.5 Å². The lowest BCUT2D eigenvalue weighted by molar-refractivity contribution is -0.166. The minimum absolute atomic E-state index is 0.0283. The van der Waals surface area contributed by atoms with Gasteiger partial charge in [0.15, 0.2) is 0 Å². The van der Waals surface area contributed by atoms with Gasteiger partial charge in [-0.25, -0.2) is 15.2 Å². The number of nitrogens with zero attached hydrogens (tertiary/aromatic N) is 3. The van der Waals surface area contributed by atoms with Crippen molar-refractivity contribution >= 4 is 29.5 Å². The molecule has 0 radical (unpaired) electrons. The normalized spacial score (nSPS) is 10.6. The van der Waals surface area contributed by atoms with Crippen LogP contribution >= 0.6 is 0 Å². The Bertz CT molecular complexity index is 997. The topological polar surface area (TPSA) is 206 Å². The van der Waals surface area contributed by atoms with Crippen LogP contribution in [0.3, 0.4) is 0 Å². The number of hydrogen-bond acceptors (Lipinski definition) is 9. The fraction of sp³-hybridized carbons (Fsp3) is 0.633. The zero-order valence-corrected chi connectivity index (χ0v) is 25.6. The molecule has 0 atom stereocenters. The summed E-state index contributed by atoms with van der Waals surface area (Å²) in [7, 11) is 0. The summed E-state index contributed by atoms with van der Waals surface area (Å²) < 4.78 is 0. The van der Waals surface area contributed by atoms with E-state index >= 15 is 0 Å². The highest BCUT2D eigenvalue weighted by molar-refractivity contribution is 5.83. The standard InChI is InChI=1S/C30H50N6O8/c31-18-6-11-23-35(43)29(40)17-15-27(38)32-19-7-2-9-21-34(42)28(39)16-14-26(37)33-20-8-3-10-22-36(44)30(41)24-25-12-4-1-5-13-25/h1,4-5,12-13,42-44H,2-3,6-11,14-24,31H2,(H,32,38)(H,33,37). The Morgan fingerprint density at radius 1 is 0.568 bits per heavy atom. The van der Waals surface area contributed by atoms with Crippen LogP contribution in [-0.2, 0) is 30.4 Å². The van der Waals surface area contributed by atoms with E-state index in [4.69, 9.17) is 5.73 Å². The van der Waals surface area contributed by atoms with Crippen LogP contribution in [0.1, 0.15) is 82.6 Å². The van der Waals surface area contributed by atoms with Gasteiger partial charge in [-0.2, -0.15) is 0 Å². The third-order valence-corrected chi connectivity index (χ3v) is 6.76. The van der Waals surface area contributed by atoms with E-state index < -0.39 is 11.8 Å². The molecular weight excluding hydrogens is 572 g/mol. The van der Waals surface area contributed by atoms with Crippen molar-refractivity contribution in [2.45, 2.75) is 83.5 Å². The summed E-state index contributed by atoms with van der Waals surface area (Å²) >= 11 is 0. The highest BCUT2D eigenvalue weighted by Crippen LogP contribution is 2.05. The van der Waals surface area contributed by atoms with Crippen molar-refractivity contribution in [1.82, 2.24) is 25.8 Å². The fourth-order valence-corrected chi connectivity index (χ4v) is 4.10. The predicted molar refractivity (Wildman–Crippen MR) is 161 cm³/mol. The van der Waals surface area contributed by atoms with E-state index in [1.54, 1.807) is 0 Å². The van der Waals surface area contributed by atoms with Crippen LogP contribution in [0.15, 0.2) is 30.3 Å². The van der Waals surface area contributed by atoms with Crippen LogP contribution in [-0.4, -0.2) is 99.6 Å². The highest BCUT2D eigenvalue weighted by atomic mass is 16.5. The molecule has 0 bridgehead atoms. The molecule has 0 fully saturated rings. The monoisotopic (exact) mass is 622 g/mol. The molecule has 14 heteroatoms. The number of unbranched alkanes of at least 4 members (excludes halogenated alkanes) is 5. The van der Waals surface area contributed by atoms with Crippen molar-refractivity contribution in [3.8, 4) is 0 Å². The van der Waals surface area contributed by atoms with E-state index in [9.17, 15) is 39.6 Å². The van der Waals surface area contributed by atoms with E-state index in [1.807, 2.05) is 30.3 Å². The van der Waals surface area contributed by atoms with Gasteiger partial charge in [-0.1, -0.05) is 30.3 Å². The zero-order valence-electron chi connectivity index (χ0n) is 25.6. The molecule has 0 heterocycles. The van der Waals surface area contributed by atoms with Gasteiger partial charge in [-0.15, -0.1) is 0 Å². The number of nitrogens with two attached hydrogens (primary N) is 1.